The average Bonchev–Trinajstić information content (AvgIpc) is 2.95. The molecule has 4 heteroatoms. The summed E-state index contributed by atoms with van der Waals surface area (Å²) in [6.45, 7) is 4.20. The van der Waals surface area contributed by atoms with Crippen LogP contribution in [0.25, 0.3) is 16.6 Å². The van der Waals surface area contributed by atoms with E-state index in [4.69, 9.17) is 0 Å². The number of benzene rings is 1. The largest absolute Gasteiger partial charge is 0.255 e. The third-order valence-corrected chi connectivity index (χ3v) is 3.30. The van der Waals surface area contributed by atoms with E-state index in [1.807, 2.05) is 36.5 Å². The number of fused-ring (bicyclic) bond motifs is 1. The van der Waals surface area contributed by atoms with E-state index in [1.165, 1.54) is 0 Å². The van der Waals surface area contributed by atoms with Gasteiger partial charge in [-0.3, -0.25) is 4.98 Å². The van der Waals surface area contributed by atoms with E-state index in [0.29, 0.717) is 11.5 Å². The molecular weight excluding hydrogens is 248 g/mol. The summed E-state index contributed by atoms with van der Waals surface area (Å²) in [6, 6.07) is 12.0. The Bertz CT molecular complexity index is 809. The minimum atomic E-state index is 0.356. The average molecular weight is 262 g/mol. The summed E-state index contributed by atoms with van der Waals surface area (Å²) in [5, 5.41) is 14.8. The van der Waals surface area contributed by atoms with E-state index >= 15 is 0 Å². The lowest BCUT2D eigenvalue weighted by molar-refractivity contribution is 0.769. The maximum atomic E-state index is 9.32. The lowest BCUT2D eigenvalue weighted by Gasteiger charge is -2.08. The van der Waals surface area contributed by atoms with E-state index in [0.717, 1.165) is 22.3 Å². The molecule has 4 nitrogen and oxygen atoms in total. The summed E-state index contributed by atoms with van der Waals surface area (Å²) in [5.74, 6) is 0.356. The van der Waals surface area contributed by atoms with Crippen LogP contribution in [0, 0.1) is 11.3 Å². The van der Waals surface area contributed by atoms with Crippen molar-refractivity contribution in [2.24, 2.45) is 0 Å². The van der Waals surface area contributed by atoms with Crippen molar-refractivity contribution in [3.05, 3.63) is 54.0 Å². The third-order valence-electron chi connectivity index (χ3n) is 3.30. The standard InChI is InChI=1S/C16H14N4/c1-11(2)14-7-8-20(19-14)16-12(9-17)10-18-15-6-4-3-5-13(15)16/h3-8,10-11H,1-2H3. The molecule has 2 heterocycles. The Morgan fingerprint density at radius 1 is 1.20 bits per heavy atom. The predicted octanol–water partition coefficient (Wildman–Crippen LogP) is 3.42. The maximum Gasteiger partial charge on any atom is 0.103 e. The fourth-order valence-electron chi connectivity index (χ4n) is 2.23. The van der Waals surface area contributed by atoms with E-state index in [-0.39, 0.29) is 0 Å². The lowest BCUT2D eigenvalue weighted by Crippen LogP contribution is -2.02. The van der Waals surface area contributed by atoms with Gasteiger partial charge in [-0.15, -0.1) is 0 Å². The number of aromatic nitrogens is 3. The molecule has 2 aromatic heterocycles. The van der Waals surface area contributed by atoms with Gasteiger partial charge in [-0.05, 0) is 18.1 Å². The molecule has 0 aliphatic carbocycles. The molecule has 0 radical (unpaired) electrons. The summed E-state index contributed by atoms with van der Waals surface area (Å²) < 4.78 is 1.78. The SMILES string of the molecule is CC(C)c1ccn(-c2c(C#N)cnc3ccccc23)n1. The van der Waals surface area contributed by atoms with Crippen molar-refractivity contribution in [3.8, 4) is 11.8 Å². The van der Waals surface area contributed by atoms with E-state index < -0.39 is 0 Å². The highest BCUT2D eigenvalue weighted by Crippen LogP contribution is 2.24. The van der Waals surface area contributed by atoms with Gasteiger partial charge < -0.3 is 0 Å². The summed E-state index contributed by atoms with van der Waals surface area (Å²) in [5.41, 5.74) is 3.20. The van der Waals surface area contributed by atoms with Crippen molar-refractivity contribution >= 4 is 10.9 Å². The van der Waals surface area contributed by atoms with Gasteiger partial charge in [0.25, 0.3) is 0 Å². The van der Waals surface area contributed by atoms with Gasteiger partial charge in [0.1, 0.15) is 6.07 Å². The molecule has 0 fully saturated rings. The summed E-state index contributed by atoms with van der Waals surface area (Å²) in [4.78, 5) is 4.32. The molecule has 98 valence electrons. The lowest BCUT2D eigenvalue weighted by atomic mass is 10.1. The van der Waals surface area contributed by atoms with E-state index in [2.05, 4.69) is 30.0 Å². The Kier molecular flexibility index (Phi) is 2.96. The Morgan fingerprint density at radius 2 is 2.00 bits per heavy atom. The summed E-state index contributed by atoms with van der Waals surface area (Å²) >= 11 is 0. The number of nitrogens with zero attached hydrogens (tertiary/aromatic N) is 4. The summed E-state index contributed by atoms with van der Waals surface area (Å²) in [7, 11) is 0. The fraction of sp³-hybridized carbons (Fsp3) is 0.188. The molecule has 20 heavy (non-hydrogen) atoms. The molecule has 0 spiro atoms. The van der Waals surface area contributed by atoms with Crippen molar-refractivity contribution in [2.75, 3.05) is 0 Å². The van der Waals surface area contributed by atoms with E-state index in [9.17, 15) is 5.26 Å². The van der Waals surface area contributed by atoms with Crippen LogP contribution in [0.1, 0.15) is 31.0 Å². The first-order chi connectivity index (χ1) is 9.70. The Morgan fingerprint density at radius 3 is 2.70 bits per heavy atom. The van der Waals surface area contributed by atoms with Gasteiger partial charge >= 0.3 is 0 Å². The minimum Gasteiger partial charge on any atom is -0.255 e. The Balaban J connectivity index is 2.30. The van der Waals surface area contributed by atoms with Crippen molar-refractivity contribution in [1.29, 1.82) is 5.26 Å². The van der Waals surface area contributed by atoms with Crippen LogP contribution in [0.5, 0.6) is 0 Å². The zero-order valence-electron chi connectivity index (χ0n) is 11.4. The molecule has 0 aliphatic heterocycles. The molecule has 0 bridgehead atoms. The van der Waals surface area contributed by atoms with Crippen LogP contribution in [0.2, 0.25) is 0 Å². The molecule has 1 aromatic carbocycles. The van der Waals surface area contributed by atoms with Crippen LogP contribution in [-0.4, -0.2) is 14.8 Å². The number of para-hydroxylation sites is 1. The van der Waals surface area contributed by atoms with Crippen molar-refractivity contribution in [2.45, 2.75) is 19.8 Å². The van der Waals surface area contributed by atoms with Gasteiger partial charge in [-0.1, -0.05) is 32.0 Å². The Hall–Kier alpha value is -2.67. The van der Waals surface area contributed by atoms with Crippen LogP contribution < -0.4 is 0 Å². The number of nitriles is 1. The molecular formula is C16H14N4. The van der Waals surface area contributed by atoms with Crippen molar-refractivity contribution < 1.29 is 0 Å². The number of pyridine rings is 1. The molecule has 3 aromatic rings. The number of rotatable bonds is 2. The van der Waals surface area contributed by atoms with Crippen LogP contribution in [0.4, 0.5) is 0 Å². The zero-order chi connectivity index (χ0) is 14.1. The second-order valence-electron chi connectivity index (χ2n) is 4.99. The monoisotopic (exact) mass is 262 g/mol. The van der Waals surface area contributed by atoms with Crippen LogP contribution in [0.3, 0.4) is 0 Å². The molecule has 0 unspecified atom stereocenters. The second kappa shape index (κ2) is 4.78. The normalized spacial score (nSPS) is 10.9. The zero-order valence-corrected chi connectivity index (χ0v) is 11.4. The van der Waals surface area contributed by atoms with Gasteiger partial charge in [-0.2, -0.15) is 10.4 Å². The van der Waals surface area contributed by atoms with Gasteiger partial charge in [0.15, 0.2) is 0 Å². The van der Waals surface area contributed by atoms with Crippen LogP contribution >= 0.6 is 0 Å². The predicted molar refractivity (Wildman–Crippen MR) is 77.7 cm³/mol. The first kappa shape index (κ1) is 12.4. The maximum absolute atomic E-state index is 9.32. The molecule has 0 N–H and O–H groups in total. The molecule has 0 saturated heterocycles. The highest BCUT2D eigenvalue weighted by molar-refractivity contribution is 5.89. The highest BCUT2D eigenvalue weighted by Gasteiger charge is 2.12. The van der Waals surface area contributed by atoms with Crippen LogP contribution in [0.15, 0.2) is 42.7 Å². The Labute approximate surface area is 117 Å². The number of hydrogen-bond acceptors (Lipinski definition) is 3. The molecule has 0 saturated carbocycles. The third kappa shape index (κ3) is 1.94. The van der Waals surface area contributed by atoms with Gasteiger partial charge in [0.2, 0.25) is 0 Å². The number of hydrogen-bond donors (Lipinski definition) is 0. The van der Waals surface area contributed by atoms with Crippen molar-refractivity contribution in [3.63, 3.8) is 0 Å². The molecule has 3 rings (SSSR count). The molecule has 0 amide bonds. The first-order valence-electron chi connectivity index (χ1n) is 6.54. The first-order valence-corrected chi connectivity index (χ1v) is 6.54. The topological polar surface area (TPSA) is 54.5 Å². The quantitative estimate of drug-likeness (QED) is 0.711. The minimum absolute atomic E-state index is 0.356. The smallest absolute Gasteiger partial charge is 0.103 e. The highest BCUT2D eigenvalue weighted by atomic mass is 15.3. The fourth-order valence-corrected chi connectivity index (χ4v) is 2.23. The van der Waals surface area contributed by atoms with Gasteiger partial charge in [-0.25, -0.2) is 4.68 Å². The van der Waals surface area contributed by atoms with E-state index in [1.54, 1.807) is 10.9 Å². The van der Waals surface area contributed by atoms with Crippen LogP contribution in [-0.2, 0) is 0 Å². The summed E-state index contributed by atoms with van der Waals surface area (Å²) in [6.07, 6.45) is 3.51. The second-order valence-corrected chi connectivity index (χ2v) is 4.99. The molecule has 0 atom stereocenters. The van der Waals surface area contributed by atoms with Gasteiger partial charge in [0.05, 0.1) is 22.5 Å². The molecule has 0 aliphatic rings. The van der Waals surface area contributed by atoms with Crippen molar-refractivity contribution in [1.82, 2.24) is 14.8 Å². The van der Waals surface area contributed by atoms with Gasteiger partial charge in [0, 0.05) is 17.8 Å².